The van der Waals surface area contributed by atoms with Crippen molar-refractivity contribution < 1.29 is 24.2 Å². The van der Waals surface area contributed by atoms with Crippen molar-refractivity contribution in [2.75, 3.05) is 14.2 Å². The Morgan fingerprint density at radius 3 is 1.67 bits per heavy atom. The summed E-state index contributed by atoms with van der Waals surface area (Å²) in [5, 5.41) is 9.45. The molecule has 5 nitrogen and oxygen atoms in total. The standard InChI is InChI=1S/C7H9Cl3O5/c1-14-5(12)3(6(13)15-2)4(11)7(8,9)10/h3-4,11H,1-2H3. The highest BCUT2D eigenvalue weighted by Gasteiger charge is 2.46. The molecule has 0 bridgehead atoms. The van der Waals surface area contributed by atoms with Crippen molar-refractivity contribution in [1.29, 1.82) is 0 Å². The maximum atomic E-state index is 11.1. The van der Waals surface area contributed by atoms with Gasteiger partial charge in [0.15, 0.2) is 5.92 Å². The second kappa shape index (κ2) is 5.75. The number of halogens is 3. The smallest absolute Gasteiger partial charge is 0.322 e. The van der Waals surface area contributed by atoms with Crippen LogP contribution < -0.4 is 0 Å². The lowest BCUT2D eigenvalue weighted by Crippen LogP contribution is -2.43. The zero-order valence-electron chi connectivity index (χ0n) is 7.87. The van der Waals surface area contributed by atoms with E-state index in [1.165, 1.54) is 0 Å². The van der Waals surface area contributed by atoms with Crippen LogP contribution in [0.25, 0.3) is 0 Å². The molecule has 15 heavy (non-hydrogen) atoms. The molecule has 0 aromatic carbocycles. The first-order valence-corrected chi connectivity index (χ1v) is 4.79. The van der Waals surface area contributed by atoms with Gasteiger partial charge in [-0.15, -0.1) is 0 Å². The van der Waals surface area contributed by atoms with Crippen LogP contribution in [0.4, 0.5) is 0 Å². The lowest BCUT2D eigenvalue weighted by Gasteiger charge is -2.24. The first-order valence-electron chi connectivity index (χ1n) is 3.66. The molecule has 1 N–H and O–H groups in total. The molecule has 88 valence electrons. The molecule has 0 aromatic rings. The summed E-state index contributed by atoms with van der Waals surface area (Å²) in [5.41, 5.74) is 0. The number of hydrogen-bond acceptors (Lipinski definition) is 5. The van der Waals surface area contributed by atoms with Gasteiger partial charge in [0.1, 0.15) is 6.10 Å². The van der Waals surface area contributed by atoms with Gasteiger partial charge in [-0.1, -0.05) is 34.8 Å². The molecule has 0 aromatic heterocycles. The fraction of sp³-hybridized carbons (Fsp3) is 0.714. The molecule has 0 aliphatic carbocycles. The van der Waals surface area contributed by atoms with Gasteiger partial charge in [-0.3, -0.25) is 9.59 Å². The molecule has 0 heterocycles. The zero-order chi connectivity index (χ0) is 12.2. The topological polar surface area (TPSA) is 72.8 Å². The van der Waals surface area contributed by atoms with Crippen molar-refractivity contribution in [3.63, 3.8) is 0 Å². The van der Waals surface area contributed by atoms with Crippen LogP contribution in [0.15, 0.2) is 0 Å². The number of carbonyl (C=O) groups is 2. The summed E-state index contributed by atoms with van der Waals surface area (Å²) >= 11 is 16.0. The molecule has 0 aliphatic heterocycles. The molecule has 0 rings (SSSR count). The predicted molar refractivity (Wildman–Crippen MR) is 53.8 cm³/mol. The Labute approximate surface area is 101 Å². The van der Waals surface area contributed by atoms with E-state index in [0.717, 1.165) is 14.2 Å². The first kappa shape index (κ1) is 14.8. The van der Waals surface area contributed by atoms with Gasteiger partial charge in [0, 0.05) is 0 Å². The number of ether oxygens (including phenoxy) is 2. The Hall–Kier alpha value is -0.230. The first-order chi connectivity index (χ1) is 6.75. The van der Waals surface area contributed by atoms with Crippen LogP contribution in [0, 0.1) is 5.92 Å². The van der Waals surface area contributed by atoms with Crippen molar-refractivity contribution in [1.82, 2.24) is 0 Å². The highest BCUT2D eigenvalue weighted by Crippen LogP contribution is 2.34. The van der Waals surface area contributed by atoms with Crippen LogP contribution in [-0.4, -0.2) is 41.2 Å². The fourth-order valence-corrected chi connectivity index (χ4v) is 1.17. The van der Waals surface area contributed by atoms with Gasteiger partial charge in [-0.25, -0.2) is 0 Å². The Morgan fingerprint density at radius 2 is 1.47 bits per heavy atom. The molecular weight excluding hydrogens is 270 g/mol. The van der Waals surface area contributed by atoms with Gasteiger partial charge in [0.2, 0.25) is 3.79 Å². The highest BCUT2D eigenvalue weighted by atomic mass is 35.6. The van der Waals surface area contributed by atoms with Gasteiger partial charge in [-0.05, 0) is 0 Å². The van der Waals surface area contributed by atoms with Crippen molar-refractivity contribution in [2.45, 2.75) is 9.90 Å². The Morgan fingerprint density at radius 1 is 1.13 bits per heavy atom. The van der Waals surface area contributed by atoms with Gasteiger partial charge in [0.25, 0.3) is 0 Å². The lowest BCUT2D eigenvalue weighted by atomic mass is 10.0. The monoisotopic (exact) mass is 278 g/mol. The zero-order valence-corrected chi connectivity index (χ0v) is 10.1. The van der Waals surface area contributed by atoms with Crippen LogP contribution in [0.2, 0.25) is 0 Å². The van der Waals surface area contributed by atoms with Crippen molar-refractivity contribution >= 4 is 46.7 Å². The molecule has 1 atom stereocenters. The van der Waals surface area contributed by atoms with E-state index in [9.17, 15) is 14.7 Å². The normalized spacial score (nSPS) is 13.5. The summed E-state index contributed by atoms with van der Waals surface area (Å²) in [5.74, 6) is -3.77. The van der Waals surface area contributed by atoms with Crippen molar-refractivity contribution in [3.05, 3.63) is 0 Å². The van der Waals surface area contributed by atoms with E-state index in [2.05, 4.69) is 9.47 Å². The Kier molecular flexibility index (Phi) is 5.66. The largest absolute Gasteiger partial charge is 0.468 e. The minimum atomic E-state index is -2.19. The quantitative estimate of drug-likeness (QED) is 0.467. The third kappa shape index (κ3) is 4.03. The summed E-state index contributed by atoms with van der Waals surface area (Å²) in [6, 6.07) is 0. The molecule has 0 aliphatic rings. The molecular formula is C7H9Cl3O5. The second-order valence-corrected chi connectivity index (χ2v) is 4.88. The highest BCUT2D eigenvalue weighted by molar-refractivity contribution is 6.68. The fourth-order valence-electron chi connectivity index (χ4n) is 0.797. The average molecular weight is 280 g/mol. The molecule has 0 radical (unpaired) electrons. The number of alkyl halides is 3. The molecule has 0 amide bonds. The van der Waals surface area contributed by atoms with Gasteiger partial charge in [-0.2, -0.15) is 0 Å². The number of aliphatic hydroxyl groups is 1. The van der Waals surface area contributed by atoms with Crippen LogP contribution in [0.5, 0.6) is 0 Å². The predicted octanol–water partition coefficient (Wildman–Crippen LogP) is 0.680. The number of carbonyl (C=O) groups excluding carboxylic acids is 2. The minimum absolute atomic E-state index is 1.03. The summed E-state index contributed by atoms with van der Waals surface area (Å²) in [6.45, 7) is 0. The van der Waals surface area contributed by atoms with Crippen LogP contribution >= 0.6 is 34.8 Å². The summed E-state index contributed by atoms with van der Waals surface area (Å²) in [6.07, 6.45) is -1.85. The molecule has 0 saturated heterocycles. The number of aliphatic hydroxyl groups excluding tert-OH is 1. The Bertz CT molecular complexity index is 234. The van der Waals surface area contributed by atoms with E-state index < -0.39 is 27.8 Å². The van der Waals surface area contributed by atoms with E-state index in [1.807, 2.05) is 0 Å². The van der Waals surface area contributed by atoms with Gasteiger partial charge in [0.05, 0.1) is 14.2 Å². The third-order valence-corrected chi connectivity index (χ3v) is 2.23. The third-order valence-electron chi connectivity index (χ3n) is 1.56. The maximum absolute atomic E-state index is 11.1. The number of rotatable bonds is 3. The lowest BCUT2D eigenvalue weighted by molar-refractivity contribution is -0.164. The Balaban J connectivity index is 4.95. The molecule has 0 fully saturated rings. The number of hydrogen-bond donors (Lipinski definition) is 1. The SMILES string of the molecule is COC(=O)C(C(=O)OC)C(O)C(Cl)(Cl)Cl. The van der Waals surface area contributed by atoms with E-state index in [4.69, 9.17) is 34.8 Å². The van der Waals surface area contributed by atoms with E-state index in [-0.39, 0.29) is 0 Å². The number of methoxy groups -OCH3 is 2. The van der Waals surface area contributed by atoms with Gasteiger partial charge < -0.3 is 14.6 Å². The van der Waals surface area contributed by atoms with Crippen LogP contribution in [0.3, 0.4) is 0 Å². The van der Waals surface area contributed by atoms with Crippen molar-refractivity contribution in [3.8, 4) is 0 Å². The van der Waals surface area contributed by atoms with Gasteiger partial charge >= 0.3 is 11.9 Å². The van der Waals surface area contributed by atoms with E-state index >= 15 is 0 Å². The average Bonchev–Trinajstić information content (AvgIpc) is 2.15. The molecule has 0 spiro atoms. The van der Waals surface area contributed by atoms with Crippen LogP contribution in [-0.2, 0) is 19.1 Å². The van der Waals surface area contributed by atoms with Crippen LogP contribution in [0.1, 0.15) is 0 Å². The summed E-state index contributed by atoms with van der Waals surface area (Å²) in [7, 11) is 2.06. The minimum Gasteiger partial charge on any atom is -0.468 e. The summed E-state index contributed by atoms with van der Waals surface area (Å²) < 4.78 is 6.36. The number of esters is 2. The van der Waals surface area contributed by atoms with E-state index in [0.29, 0.717) is 0 Å². The van der Waals surface area contributed by atoms with E-state index in [1.54, 1.807) is 0 Å². The second-order valence-electron chi connectivity index (χ2n) is 2.51. The molecule has 8 heteroatoms. The summed E-state index contributed by atoms with van der Waals surface area (Å²) in [4.78, 5) is 22.3. The molecule has 0 saturated carbocycles. The van der Waals surface area contributed by atoms with Crippen molar-refractivity contribution in [2.24, 2.45) is 5.92 Å². The molecule has 1 unspecified atom stereocenters. The maximum Gasteiger partial charge on any atom is 0.322 e.